The molecule has 1 fully saturated rings. The number of benzene rings is 5. The summed E-state index contributed by atoms with van der Waals surface area (Å²) in [6, 6.07) is 38.5. The van der Waals surface area contributed by atoms with Gasteiger partial charge in [-0.05, 0) is 64.2 Å². The van der Waals surface area contributed by atoms with Crippen molar-refractivity contribution < 1.29 is 32.9 Å². The van der Waals surface area contributed by atoms with E-state index in [4.69, 9.17) is 9.47 Å². The molecule has 6 rings (SSSR count). The molecule has 49 heavy (non-hydrogen) atoms. The molecule has 0 radical (unpaired) electrons. The van der Waals surface area contributed by atoms with Crippen LogP contribution in [0.4, 0.5) is 0 Å². The lowest BCUT2D eigenvalue weighted by molar-refractivity contribution is -0.268. The zero-order chi connectivity index (χ0) is 34.4. The Kier molecular flexibility index (Phi) is 10.9. The third-order valence-corrected chi connectivity index (χ3v) is 11.2. The number of sulfonamides is 1. The summed E-state index contributed by atoms with van der Waals surface area (Å²) < 4.78 is 41.7. The molecule has 4 atom stereocenters. The van der Waals surface area contributed by atoms with Gasteiger partial charge in [-0.1, -0.05) is 97.9 Å². The van der Waals surface area contributed by atoms with Gasteiger partial charge in [0, 0.05) is 28.7 Å². The number of hydrogen-bond donors (Lipinski definition) is 3. The van der Waals surface area contributed by atoms with Crippen LogP contribution in [-0.2, 0) is 32.6 Å². The van der Waals surface area contributed by atoms with Crippen LogP contribution < -0.4 is 4.72 Å². The molecule has 0 bridgehead atoms. The van der Waals surface area contributed by atoms with Gasteiger partial charge in [0.1, 0.15) is 0 Å². The van der Waals surface area contributed by atoms with E-state index >= 15 is 0 Å². The Labute approximate surface area is 290 Å². The van der Waals surface area contributed by atoms with Crippen molar-refractivity contribution in [3.8, 4) is 11.1 Å². The average molecular weight is 696 g/mol. The predicted molar refractivity (Wildman–Crippen MR) is 189 cm³/mol. The lowest BCUT2D eigenvalue weighted by Crippen LogP contribution is -2.38. The third-order valence-electron chi connectivity index (χ3n) is 8.66. The van der Waals surface area contributed by atoms with E-state index in [2.05, 4.69) is 11.6 Å². The molecule has 5 aromatic rings. The number of rotatable bonds is 12. The minimum atomic E-state index is -3.67. The second-order valence-electron chi connectivity index (χ2n) is 11.9. The van der Waals surface area contributed by atoms with Gasteiger partial charge in [-0.25, -0.2) is 17.9 Å². The molecule has 252 valence electrons. The monoisotopic (exact) mass is 695 g/mol. The van der Waals surface area contributed by atoms with Crippen molar-refractivity contribution in [3.63, 3.8) is 0 Å². The normalized spacial score (nSPS) is 19.4. The predicted octanol–water partition coefficient (Wildman–Crippen LogP) is 7.61. The minimum Gasteiger partial charge on any atom is -0.478 e. The number of carbonyl (C=O) groups is 1. The van der Waals surface area contributed by atoms with Gasteiger partial charge in [-0.3, -0.25) is 0 Å². The fraction of sp³-hybridized carbons (Fsp3) is 0.205. The van der Waals surface area contributed by atoms with Gasteiger partial charge in [-0.2, -0.15) is 0 Å². The Bertz CT molecular complexity index is 1970. The molecule has 0 aliphatic carbocycles. The molecular weight excluding hydrogens is 659 g/mol. The average Bonchev–Trinajstić information content (AvgIpc) is 3.14. The highest BCUT2D eigenvalue weighted by Gasteiger charge is 2.38. The smallest absolute Gasteiger partial charge is 0.335 e. The van der Waals surface area contributed by atoms with Crippen molar-refractivity contribution in [1.82, 2.24) is 4.72 Å². The second-order valence-corrected chi connectivity index (χ2v) is 14.7. The van der Waals surface area contributed by atoms with E-state index in [1.165, 1.54) is 0 Å². The fourth-order valence-electron chi connectivity index (χ4n) is 5.81. The number of carboxylic acid groups (broad SMARTS) is 1. The highest BCUT2D eigenvalue weighted by atomic mass is 32.2. The van der Waals surface area contributed by atoms with Crippen molar-refractivity contribution >= 4 is 27.8 Å². The van der Waals surface area contributed by atoms with Gasteiger partial charge in [-0.15, -0.1) is 11.8 Å². The molecule has 1 aliphatic heterocycles. The maximum absolute atomic E-state index is 12.9. The van der Waals surface area contributed by atoms with Gasteiger partial charge in [0.15, 0.2) is 6.29 Å². The molecular formula is C39H37NO7S2. The van der Waals surface area contributed by atoms with E-state index in [1.54, 1.807) is 54.2 Å². The number of nitrogens with one attached hydrogen (secondary N) is 1. The molecule has 1 heterocycles. The Hall–Kier alpha value is -4.29. The summed E-state index contributed by atoms with van der Waals surface area (Å²) in [4.78, 5) is 12.5. The number of ether oxygens (including phenoxy) is 2. The van der Waals surface area contributed by atoms with Crippen LogP contribution >= 0.6 is 11.8 Å². The summed E-state index contributed by atoms with van der Waals surface area (Å²) in [7, 11) is -3.67. The number of aliphatic hydroxyl groups is 1. The Morgan fingerprint density at radius 3 is 2.12 bits per heavy atom. The summed E-state index contributed by atoms with van der Waals surface area (Å²) in [6.45, 7) is 2.20. The molecule has 0 spiro atoms. The first-order valence-corrected chi connectivity index (χ1v) is 18.4. The molecule has 1 saturated heterocycles. The van der Waals surface area contributed by atoms with Crippen molar-refractivity contribution in [2.45, 2.75) is 48.4 Å². The Morgan fingerprint density at radius 2 is 1.45 bits per heavy atom. The zero-order valence-corrected chi connectivity index (χ0v) is 28.4. The van der Waals surface area contributed by atoms with E-state index in [9.17, 15) is 23.4 Å². The fourth-order valence-corrected chi connectivity index (χ4v) is 7.91. The van der Waals surface area contributed by atoms with Crippen LogP contribution in [0.3, 0.4) is 0 Å². The largest absolute Gasteiger partial charge is 0.478 e. The SMILES string of the molecule is C[C@H]1[C@@H](CSc2ccc(C(=O)O)cc2)O[C@@H](c2ccc(-c3ccccc3CNS(=O)(=O)c3ccccc3)cc2)O[C@H]1c1ccc(CO)cc1. The van der Waals surface area contributed by atoms with Crippen LogP contribution in [0.1, 0.15) is 51.9 Å². The van der Waals surface area contributed by atoms with Crippen molar-refractivity contribution in [1.29, 1.82) is 0 Å². The molecule has 10 heteroatoms. The molecule has 0 aromatic heterocycles. The summed E-state index contributed by atoms with van der Waals surface area (Å²) in [5.74, 6) is -0.339. The van der Waals surface area contributed by atoms with E-state index < -0.39 is 22.3 Å². The van der Waals surface area contributed by atoms with Crippen LogP contribution in [-0.4, -0.2) is 36.5 Å². The van der Waals surface area contributed by atoms with Crippen LogP contribution in [0, 0.1) is 5.92 Å². The van der Waals surface area contributed by atoms with Gasteiger partial charge in [0.05, 0.1) is 29.3 Å². The molecule has 0 unspecified atom stereocenters. The van der Waals surface area contributed by atoms with Crippen LogP contribution in [0.25, 0.3) is 11.1 Å². The first-order valence-electron chi connectivity index (χ1n) is 15.9. The standard InChI is InChI=1S/C39H37NO7S2/c1-26-36(25-48-33-21-19-30(20-22-33)38(42)43)46-39(47-37(26)29-13-11-27(24-41)12-14-29)31-17-15-28(16-18-31)35-10-6-5-7-32(35)23-40-49(44,45)34-8-3-2-4-9-34/h2-22,26,36-37,39-41H,23-25H2,1H3,(H,42,43)/t26-,36+,37+,39+/m0/s1. The van der Waals surface area contributed by atoms with Crippen molar-refractivity contribution in [2.24, 2.45) is 5.92 Å². The molecule has 0 saturated carbocycles. The molecule has 8 nitrogen and oxygen atoms in total. The number of hydrogen-bond acceptors (Lipinski definition) is 7. The highest BCUT2D eigenvalue weighted by Crippen LogP contribution is 2.43. The van der Waals surface area contributed by atoms with Crippen LogP contribution in [0.5, 0.6) is 0 Å². The molecule has 0 amide bonds. The summed E-state index contributed by atoms with van der Waals surface area (Å²) >= 11 is 1.60. The van der Waals surface area contributed by atoms with Crippen LogP contribution in [0.2, 0.25) is 0 Å². The van der Waals surface area contributed by atoms with Crippen molar-refractivity contribution in [3.05, 3.63) is 155 Å². The lowest BCUT2D eigenvalue weighted by Gasteiger charge is -2.41. The van der Waals surface area contributed by atoms with E-state index in [-0.39, 0.29) is 41.7 Å². The van der Waals surface area contributed by atoms with Gasteiger partial charge in [0.25, 0.3) is 0 Å². The summed E-state index contributed by atoms with van der Waals surface area (Å²) in [6.07, 6.45) is -1.12. The van der Waals surface area contributed by atoms with E-state index in [1.807, 2.05) is 84.9 Å². The van der Waals surface area contributed by atoms with E-state index in [0.717, 1.165) is 38.3 Å². The summed E-state index contributed by atoms with van der Waals surface area (Å²) in [5, 5.41) is 18.8. The topological polar surface area (TPSA) is 122 Å². The number of carboxylic acids is 1. The van der Waals surface area contributed by atoms with Crippen molar-refractivity contribution in [2.75, 3.05) is 5.75 Å². The van der Waals surface area contributed by atoms with Gasteiger partial charge in [0.2, 0.25) is 10.0 Å². The third kappa shape index (κ3) is 8.30. The highest BCUT2D eigenvalue weighted by molar-refractivity contribution is 7.99. The Morgan fingerprint density at radius 1 is 0.796 bits per heavy atom. The van der Waals surface area contributed by atoms with Crippen LogP contribution in [0.15, 0.2) is 137 Å². The van der Waals surface area contributed by atoms with Gasteiger partial charge >= 0.3 is 5.97 Å². The van der Waals surface area contributed by atoms with Gasteiger partial charge < -0.3 is 19.7 Å². The number of aromatic carboxylic acids is 1. The minimum absolute atomic E-state index is 0.00663. The Balaban J connectivity index is 1.21. The second kappa shape index (κ2) is 15.5. The summed E-state index contributed by atoms with van der Waals surface area (Å²) in [5.41, 5.74) is 5.57. The maximum atomic E-state index is 12.9. The number of aliphatic hydroxyl groups excluding tert-OH is 1. The zero-order valence-electron chi connectivity index (χ0n) is 26.8. The first kappa shape index (κ1) is 34.6. The van der Waals surface area contributed by atoms with E-state index in [0.29, 0.717) is 5.75 Å². The molecule has 5 aromatic carbocycles. The maximum Gasteiger partial charge on any atom is 0.335 e. The molecule has 3 N–H and O–H groups in total. The molecule has 1 aliphatic rings. The quantitative estimate of drug-likeness (QED) is 0.114. The number of thioether (sulfide) groups is 1. The first-order chi connectivity index (χ1) is 23.7. The lowest BCUT2D eigenvalue weighted by atomic mass is 9.91.